The summed E-state index contributed by atoms with van der Waals surface area (Å²) in [6.45, 7) is 1.99. The lowest BCUT2D eigenvalue weighted by Crippen LogP contribution is -2.12. The number of thioether (sulfide) groups is 1. The first-order chi connectivity index (χ1) is 15.5. The van der Waals surface area contributed by atoms with E-state index in [1.807, 2.05) is 31.2 Å². The fraction of sp³-hybridized carbons (Fsp3) is 0.190. The lowest BCUT2D eigenvalue weighted by Gasteiger charge is -2.04. The molecule has 0 radical (unpaired) electrons. The van der Waals surface area contributed by atoms with E-state index in [4.69, 9.17) is 20.5 Å². The van der Waals surface area contributed by atoms with E-state index in [-0.39, 0.29) is 23.8 Å². The van der Waals surface area contributed by atoms with Crippen molar-refractivity contribution in [2.75, 3.05) is 5.32 Å². The molecule has 0 fully saturated rings. The zero-order chi connectivity index (χ0) is 22.5. The molecule has 0 aliphatic carbocycles. The molecule has 0 atom stereocenters. The maximum atomic E-state index is 13.2. The highest BCUT2D eigenvalue weighted by atomic mass is 35.5. The molecule has 0 bridgehead atoms. The number of nitrogens with zero attached hydrogens (tertiary/aromatic N) is 4. The third-order valence-electron chi connectivity index (χ3n) is 4.28. The number of hydrogen-bond acceptors (Lipinski definition) is 8. The molecule has 0 unspecified atom stereocenters. The topological polar surface area (TPSA) is 107 Å². The molecule has 1 N–H and O–H groups in total. The summed E-state index contributed by atoms with van der Waals surface area (Å²) in [7, 11) is 0. The van der Waals surface area contributed by atoms with E-state index >= 15 is 0 Å². The number of carbonyl (C=O) groups is 1. The number of halogens is 2. The number of rotatable bonds is 8. The first-order valence-electron chi connectivity index (χ1n) is 9.56. The molecule has 2 heterocycles. The number of anilines is 1. The number of aryl methyl sites for hydroxylation is 2. The molecule has 0 spiro atoms. The van der Waals surface area contributed by atoms with Crippen LogP contribution in [0.25, 0.3) is 11.5 Å². The summed E-state index contributed by atoms with van der Waals surface area (Å²) < 4.78 is 24.0. The summed E-state index contributed by atoms with van der Waals surface area (Å²) >= 11 is 7.00. The van der Waals surface area contributed by atoms with E-state index in [9.17, 15) is 9.18 Å². The Bertz CT molecular complexity index is 1250. The van der Waals surface area contributed by atoms with Gasteiger partial charge in [-0.3, -0.25) is 4.79 Å². The highest BCUT2D eigenvalue weighted by Gasteiger charge is 2.13. The molecule has 164 valence electrons. The largest absolute Gasteiger partial charge is 0.411 e. The summed E-state index contributed by atoms with van der Waals surface area (Å²) in [5.41, 5.74) is 2.37. The standard InChI is InChI=1S/C21H17ClFN5O3S/c1-12-3-2-4-13(9-12)20-26-27-21(30-20)32-11-17-25-19(31-28-17)8-7-18(29)24-14-5-6-16(23)15(22)10-14/h2-6,9-10H,7-8,11H2,1H3,(H,24,29). The first kappa shape index (κ1) is 22.0. The smallest absolute Gasteiger partial charge is 0.277 e. The summed E-state index contributed by atoms with van der Waals surface area (Å²) in [4.78, 5) is 16.3. The highest BCUT2D eigenvalue weighted by molar-refractivity contribution is 7.98. The lowest BCUT2D eigenvalue weighted by atomic mass is 10.1. The van der Waals surface area contributed by atoms with Crippen LogP contribution in [0.2, 0.25) is 5.02 Å². The lowest BCUT2D eigenvalue weighted by molar-refractivity contribution is -0.116. The van der Waals surface area contributed by atoms with Crippen LogP contribution in [-0.2, 0) is 17.0 Å². The van der Waals surface area contributed by atoms with Gasteiger partial charge in [0.15, 0.2) is 5.82 Å². The van der Waals surface area contributed by atoms with Crippen molar-refractivity contribution < 1.29 is 18.1 Å². The van der Waals surface area contributed by atoms with Crippen molar-refractivity contribution in [1.29, 1.82) is 0 Å². The minimum atomic E-state index is -0.548. The second-order valence-corrected chi connectivity index (χ2v) is 8.15. The van der Waals surface area contributed by atoms with Gasteiger partial charge in [-0.2, -0.15) is 4.98 Å². The third-order valence-corrected chi connectivity index (χ3v) is 5.38. The first-order valence-corrected chi connectivity index (χ1v) is 10.9. The molecule has 2 aromatic carbocycles. The molecule has 4 rings (SSSR count). The normalized spacial score (nSPS) is 11.0. The van der Waals surface area contributed by atoms with Crippen LogP contribution < -0.4 is 5.32 Å². The number of amides is 1. The van der Waals surface area contributed by atoms with E-state index in [1.165, 1.54) is 30.0 Å². The second kappa shape index (κ2) is 9.92. The zero-order valence-electron chi connectivity index (χ0n) is 16.8. The Morgan fingerprint density at radius 2 is 2.09 bits per heavy atom. The molecule has 8 nitrogen and oxygen atoms in total. The van der Waals surface area contributed by atoms with Crippen molar-refractivity contribution in [2.45, 2.75) is 30.7 Å². The van der Waals surface area contributed by atoms with E-state index < -0.39 is 5.82 Å². The van der Waals surface area contributed by atoms with Crippen LogP contribution in [0, 0.1) is 12.7 Å². The highest BCUT2D eigenvalue weighted by Crippen LogP contribution is 2.25. The van der Waals surface area contributed by atoms with Crippen LogP contribution in [0.1, 0.15) is 23.7 Å². The quantitative estimate of drug-likeness (QED) is 0.353. The van der Waals surface area contributed by atoms with Gasteiger partial charge in [0.1, 0.15) is 5.82 Å². The molecule has 0 saturated carbocycles. The number of hydrogen-bond donors (Lipinski definition) is 1. The Hall–Kier alpha value is -3.24. The van der Waals surface area contributed by atoms with Gasteiger partial charge in [-0.05, 0) is 37.3 Å². The van der Waals surface area contributed by atoms with Gasteiger partial charge in [0, 0.05) is 24.1 Å². The van der Waals surface area contributed by atoms with Crippen LogP contribution in [0.15, 0.2) is 56.6 Å². The Morgan fingerprint density at radius 3 is 2.91 bits per heavy atom. The van der Waals surface area contributed by atoms with Crippen LogP contribution >= 0.6 is 23.4 Å². The molecule has 4 aromatic rings. The Morgan fingerprint density at radius 1 is 1.22 bits per heavy atom. The van der Waals surface area contributed by atoms with Gasteiger partial charge >= 0.3 is 0 Å². The molecule has 0 aliphatic rings. The van der Waals surface area contributed by atoms with E-state index in [0.29, 0.717) is 34.3 Å². The molecular formula is C21H17ClFN5O3S. The summed E-state index contributed by atoms with van der Waals surface area (Å²) in [5.74, 6) is 0.770. The third kappa shape index (κ3) is 5.71. The van der Waals surface area contributed by atoms with E-state index in [0.717, 1.165) is 11.1 Å². The van der Waals surface area contributed by atoms with Crippen molar-refractivity contribution in [3.8, 4) is 11.5 Å². The number of aromatic nitrogens is 4. The van der Waals surface area contributed by atoms with Crippen LogP contribution in [0.4, 0.5) is 10.1 Å². The number of carbonyl (C=O) groups excluding carboxylic acids is 1. The van der Waals surface area contributed by atoms with Gasteiger partial charge in [-0.15, -0.1) is 10.2 Å². The summed E-state index contributed by atoms with van der Waals surface area (Å²) in [6.07, 6.45) is 0.379. The van der Waals surface area contributed by atoms with Crippen LogP contribution in [0.5, 0.6) is 0 Å². The maximum absolute atomic E-state index is 13.2. The maximum Gasteiger partial charge on any atom is 0.277 e. The fourth-order valence-electron chi connectivity index (χ4n) is 2.76. The number of benzene rings is 2. The Labute approximate surface area is 191 Å². The minimum absolute atomic E-state index is 0.0610. The van der Waals surface area contributed by atoms with Crippen LogP contribution in [0.3, 0.4) is 0 Å². The van der Waals surface area contributed by atoms with Crippen molar-refractivity contribution in [3.63, 3.8) is 0 Å². The minimum Gasteiger partial charge on any atom is -0.411 e. The predicted molar refractivity (Wildman–Crippen MR) is 117 cm³/mol. The molecule has 0 saturated heterocycles. The SMILES string of the molecule is Cc1cccc(-c2nnc(SCc3noc(CCC(=O)Nc4ccc(F)c(Cl)c4)n3)o2)c1. The average Bonchev–Trinajstić information content (AvgIpc) is 3.43. The molecule has 1 amide bonds. The van der Waals surface area contributed by atoms with Gasteiger partial charge in [-0.1, -0.05) is 46.2 Å². The molecule has 0 aliphatic heterocycles. The van der Waals surface area contributed by atoms with E-state index in [1.54, 1.807) is 0 Å². The van der Waals surface area contributed by atoms with Gasteiger partial charge in [-0.25, -0.2) is 4.39 Å². The molecule has 11 heteroatoms. The zero-order valence-corrected chi connectivity index (χ0v) is 18.4. The summed E-state index contributed by atoms with van der Waals surface area (Å²) in [5, 5.41) is 15.0. The molecule has 32 heavy (non-hydrogen) atoms. The second-order valence-electron chi connectivity index (χ2n) is 6.81. The number of nitrogens with one attached hydrogen (secondary N) is 1. The molecule has 2 aromatic heterocycles. The predicted octanol–water partition coefficient (Wildman–Crippen LogP) is 5.08. The van der Waals surface area contributed by atoms with Gasteiger partial charge in [0.2, 0.25) is 17.7 Å². The summed E-state index contributed by atoms with van der Waals surface area (Å²) in [6, 6.07) is 11.8. The molecular weight excluding hydrogens is 457 g/mol. The van der Waals surface area contributed by atoms with Crippen molar-refractivity contribution in [2.24, 2.45) is 0 Å². The Balaban J connectivity index is 1.26. The Kier molecular flexibility index (Phi) is 6.81. The monoisotopic (exact) mass is 473 g/mol. The van der Waals surface area contributed by atoms with Gasteiger partial charge in [0.25, 0.3) is 5.22 Å². The van der Waals surface area contributed by atoms with Gasteiger partial charge in [0.05, 0.1) is 10.8 Å². The average molecular weight is 474 g/mol. The van der Waals surface area contributed by atoms with Crippen molar-refractivity contribution >= 4 is 35.0 Å². The fourth-order valence-corrected chi connectivity index (χ4v) is 3.54. The van der Waals surface area contributed by atoms with Crippen molar-refractivity contribution in [3.05, 3.63) is 70.6 Å². The van der Waals surface area contributed by atoms with E-state index in [2.05, 4.69) is 25.7 Å². The van der Waals surface area contributed by atoms with Crippen molar-refractivity contribution in [1.82, 2.24) is 20.3 Å². The van der Waals surface area contributed by atoms with Crippen LogP contribution in [-0.4, -0.2) is 26.2 Å². The van der Waals surface area contributed by atoms with Gasteiger partial charge < -0.3 is 14.3 Å².